The molecule has 0 spiro atoms. The van der Waals surface area contributed by atoms with Crippen LogP contribution in [0.5, 0.6) is 5.75 Å². The molecule has 6 heteroatoms. The standard InChI is InChI=1S/C28H27F2NO2.C2H6O.2C2H6/c1-19(2)21-7-11-24(12-8-21)31-16-15-22-18-25(33)13-14-26(22)28(31,27(29)30)23-9-5-20(6-10-23)4-3-17-32;1-3-2;2*1-2/h3-14,17-19,27,33H,15-16H2,1-2H3;1-2H3;2*1-2H3/b4-3+;;;. The summed E-state index contributed by atoms with van der Waals surface area (Å²) < 4.78 is 34.9. The predicted octanol–water partition coefficient (Wildman–Crippen LogP) is 8.61. The van der Waals surface area contributed by atoms with Gasteiger partial charge in [0, 0.05) is 26.5 Å². The number of phenolic OH excluding ortho intramolecular Hbond substituents is 1. The molecule has 1 heterocycles. The van der Waals surface area contributed by atoms with Crippen LogP contribution in [0.3, 0.4) is 0 Å². The van der Waals surface area contributed by atoms with Crippen molar-refractivity contribution in [3.8, 4) is 5.75 Å². The van der Waals surface area contributed by atoms with Gasteiger partial charge in [-0.15, -0.1) is 0 Å². The number of hydrogen-bond donors (Lipinski definition) is 1. The topological polar surface area (TPSA) is 49.8 Å². The van der Waals surface area contributed by atoms with Gasteiger partial charge in [0.15, 0.2) is 5.54 Å². The first-order valence-corrected chi connectivity index (χ1v) is 13.9. The minimum absolute atomic E-state index is 0.0704. The van der Waals surface area contributed by atoms with Gasteiger partial charge >= 0.3 is 0 Å². The SMILES string of the molecule is CC.CC.CC(C)c1ccc(N2CCc3cc(O)ccc3C2(c2ccc(/C=C/C=O)cc2)C(F)F)cc1.COC. The van der Waals surface area contributed by atoms with Gasteiger partial charge in [-0.2, -0.15) is 0 Å². The lowest BCUT2D eigenvalue weighted by Crippen LogP contribution is -2.56. The first-order chi connectivity index (χ1) is 19.3. The molecule has 1 aliphatic heterocycles. The fourth-order valence-corrected chi connectivity index (χ4v) is 4.76. The summed E-state index contributed by atoms with van der Waals surface area (Å²) in [5.74, 6) is 0.414. The number of alkyl halides is 2. The predicted molar refractivity (Wildman–Crippen MR) is 164 cm³/mol. The van der Waals surface area contributed by atoms with Gasteiger partial charge in [-0.3, -0.25) is 4.79 Å². The molecule has 1 aliphatic rings. The number of halogens is 2. The Morgan fingerprint density at radius 2 is 1.50 bits per heavy atom. The number of phenols is 1. The van der Waals surface area contributed by atoms with Gasteiger partial charge in [0.05, 0.1) is 0 Å². The smallest absolute Gasteiger partial charge is 0.269 e. The summed E-state index contributed by atoms with van der Waals surface area (Å²) in [6, 6.07) is 19.4. The molecule has 0 amide bonds. The van der Waals surface area contributed by atoms with Gasteiger partial charge in [-0.05, 0) is 70.5 Å². The van der Waals surface area contributed by atoms with Crippen molar-refractivity contribution in [3.63, 3.8) is 0 Å². The molecule has 218 valence electrons. The number of carbonyl (C=O) groups is 1. The zero-order valence-corrected chi connectivity index (χ0v) is 25.1. The first kappa shape index (κ1) is 34.5. The molecule has 0 saturated carbocycles. The van der Waals surface area contributed by atoms with Gasteiger partial charge in [0.1, 0.15) is 12.0 Å². The molecule has 3 aromatic rings. The Hall–Kier alpha value is -3.51. The van der Waals surface area contributed by atoms with Gasteiger partial charge in [0.25, 0.3) is 6.43 Å². The van der Waals surface area contributed by atoms with E-state index in [4.69, 9.17) is 0 Å². The Balaban J connectivity index is 0.00000105. The van der Waals surface area contributed by atoms with Crippen molar-refractivity contribution in [2.45, 2.75) is 65.8 Å². The van der Waals surface area contributed by atoms with Crippen molar-refractivity contribution in [1.82, 2.24) is 0 Å². The fourth-order valence-electron chi connectivity index (χ4n) is 4.76. The maximum absolute atomic E-state index is 15.3. The Labute approximate surface area is 239 Å². The van der Waals surface area contributed by atoms with Crippen LogP contribution in [0.2, 0.25) is 0 Å². The number of allylic oxidation sites excluding steroid dienone is 1. The number of carbonyl (C=O) groups excluding carboxylic acids is 1. The first-order valence-electron chi connectivity index (χ1n) is 13.9. The maximum atomic E-state index is 15.3. The molecule has 0 aliphatic carbocycles. The number of fused-ring (bicyclic) bond motifs is 1. The second kappa shape index (κ2) is 17.2. The van der Waals surface area contributed by atoms with Crippen molar-refractivity contribution < 1.29 is 23.4 Å². The normalized spacial score (nSPS) is 15.8. The molecule has 1 N–H and O–H groups in total. The van der Waals surface area contributed by atoms with Crippen LogP contribution < -0.4 is 4.90 Å². The minimum atomic E-state index is -2.73. The number of methoxy groups -OCH3 is 1. The second-order valence-corrected chi connectivity index (χ2v) is 9.08. The van der Waals surface area contributed by atoms with E-state index in [1.165, 1.54) is 12.1 Å². The molecule has 0 saturated heterocycles. The number of aromatic hydroxyl groups is 1. The maximum Gasteiger partial charge on any atom is 0.269 e. The van der Waals surface area contributed by atoms with Gasteiger partial charge in [-0.1, -0.05) is 90.1 Å². The summed E-state index contributed by atoms with van der Waals surface area (Å²) in [6.07, 6.45) is 1.51. The van der Waals surface area contributed by atoms with Crippen LogP contribution in [0.15, 0.2) is 72.8 Å². The van der Waals surface area contributed by atoms with E-state index in [-0.39, 0.29) is 5.75 Å². The highest BCUT2D eigenvalue weighted by Gasteiger charge is 2.51. The van der Waals surface area contributed by atoms with Crippen molar-refractivity contribution in [3.05, 3.63) is 101 Å². The second-order valence-electron chi connectivity index (χ2n) is 9.08. The van der Waals surface area contributed by atoms with E-state index < -0.39 is 12.0 Å². The molecule has 0 bridgehead atoms. The highest BCUT2D eigenvalue weighted by atomic mass is 19.3. The van der Waals surface area contributed by atoms with Crippen molar-refractivity contribution in [1.29, 1.82) is 0 Å². The zero-order chi connectivity index (χ0) is 30.3. The number of hydrogen-bond acceptors (Lipinski definition) is 4. The number of benzene rings is 3. The van der Waals surface area contributed by atoms with Crippen molar-refractivity contribution in [2.75, 3.05) is 25.7 Å². The van der Waals surface area contributed by atoms with Gasteiger partial charge in [-0.25, -0.2) is 8.78 Å². The Bertz CT molecular complexity index is 1170. The van der Waals surface area contributed by atoms with Crippen LogP contribution in [0.1, 0.15) is 75.3 Å². The van der Waals surface area contributed by atoms with E-state index >= 15 is 8.78 Å². The molecule has 0 radical (unpaired) electrons. The van der Waals surface area contributed by atoms with Crippen LogP contribution in [0, 0.1) is 0 Å². The number of nitrogens with zero attached hydrogens (tertiary/aromatic N) is 1. The Morgan fingerprint density at radius 3 is 2.00 bits per heavy atom. The lowest BCUT2D eigenvalue weighted by molar-refractivity contribution is -0.104. The summed E-state index contributed by atoms with van der Waals surface area (Å²) in [6.45, 7) is 12.6. The van der Waals surface area contributed by atoms with Gasteiger partial charge in [0.2, 0.25) is 0 Å². The van der Waals surface area contributed by atoms with E-state index in [2.05, 4.69) is 18.6 Å². The van der Waals surface area contributed by atoms with E-state index in [0.717, 1.165) is 22.4 Å². The van der Waals surface area contributed by atoms with E-state index in [9.17, 15) is 9.90 Å². The zero-order valence-electron chi connectivity index (χ0n) is 25.1. The molecular formula is C34H45F2NO3. The number of ether oxygens (including phenoxy) is 1. The third-order valence-corrected chi connectivity index (χ3v) is 6.44. The highest BCUT2D eigenvalue weighted by molar-refractivity contribution is 5.74. The quantitative estimate of drug-likeness (QED) is 0.245. The van der Waals surface area contributed by atoms with Gasteiger partial charge < -0.3 is 14.7 Å². The molecule has 40 heavy (non-hydrogen) atoms. The molecule has 4 nitrogen and oxygen atoms in total. The molecule has 1 unspecified atom stereocenters. The number of aldehydes is 1. The average Bonchev–Trinajstić information content (AvgIpc) is 2.98. The monoisotopic (exact) mass is 553 g/mol. The Morgan fingerprint density at radius 1 is 0.925 bits per heavy atom. The average molecular weight is 554 g/mol. The summed E-state index contributed by atoms with van der Waals surface area (Å²) in [4.78, 5) is 12.4. The highest BCUT2D eigenvalue weighted by Crippen LogP contribution is 2.48. The summed E-state index contributed by atoms with van der Waals surface area (Å²) in [5, 5.41) is 10.0. The van der Waals surface area contributed by atoms with E-state index in [0.29, 0.717) is 36.3 Å². The lowest BCUT2D eigenvalue weighted by atomic mass is 9.75. The molecular weight excluding hydrogens is 508 g/mol. The minimum Gasteiger partial charge on any atom is -0.508 e. The van der Waals surface area contributed by atoms with Crippen molar-refractivity contribution in [2.24, 2.45) is 0 Å². The summed E-state index contributed by atoms with van der Waals surface area (Å²) >= 11 is 0. The summed E-state index contributed by atoms with van der Waals surface area (Å²) in [7, 11) is 3.25. The van der Waals surface area contributed by atoms with E-state index in [1.807, 2.05) is 52.0 Å². The van der Waals surface area contributed by atoms with Crippen LogP contribution in [-0.2, 0) is 21.5 Å². The number of anilines is 1. The molecule has 4 rings (SSSR count). The van der Waals surface area contributed by atoms with Crippen molar-refractivity contribution >= 4 is 18.0 Å². The molecule has 1 atom stereocenters. The van der Waals surface area contributed by atoms with Crippen LogP contribution in [0.25, 0.3) is 6.08 Å². The molecule has 0 aromatic heterocycles. The van der Waals surface area contributed by atoms with E-state index in [1.54, 1.807) is 61.6 Å². The summed E-state index contributed by atoms with van der Waals surface area (Å²) in [5.41, 5.74) is 2.58. The molecule has 3 aromatic carbocycles. The van der Waals surface area contributed by atoms with Crippen LogP contribution in [-0.4, -0.2) is 38.6 Å². The lowest BCUT2D eigenvalue weighted by Gasteiger charge is -2.49. The third kappa shape index (κ3) is 7.79. The third-order valence-electron chi connectivity index (χ3n) is 6.44. The fraction of sp³-hybridized carbons (Fsp3) is 0.382. The van der Waals surface area contributed by atoms with Crippen LogP contribution >= 0.6 is 0 Å². The van der Waals surface area contributed by atoms with Crippen LogP contribution in [0.4, 0.5) is 14.5 Å². The molecule has 0 fully saturated rings. The Kier molecular flexibility index (Phi) is 14.9. The number of rotatable bonds is 6. The largest absolute Gasteiger partial charge is 0.508 e.